The molecule has 3 N–H and O–H groups in total. The molecule has 1 unspecified atom stereocenters. The molecule has 25 heavy (non-hydrogen) atoms. The summed E-state index contributed by atoms with van der Waals surface area (Å²) in [6.07, 6.45) is -1.46. The van der Waals surface area contributed by atoms with Gasteiger partial charge in [-0.3, -0.25) is 4.79 Å². The minimum Gasteiger partial charge on any atom is -0.481 e. The number of aliphatic carboxylic acids is 2. The van der Waals surface area contributed by atoms with Crippen molar-refractivity contribution < 1.29 is 39.3 Å². The second kappa shape index (κ2) is 9.70. The van der Waals surface area contributed by atoms with Crippen LogP contribution in [-0.4, -0.2) is 46.0 Å². The fourth-order valence-corrected chi connectivity index (χ4v) is 1.77. The molecule has 0 saturated heterocycles. The summed E-state index contributed by atoms with van der Waals surface area (Å²) in [4.78, 5) is 47.3. The van der Waals surface area contributed by atoms with Crippen LogP contribution in [0.25, 0.3) is 0 Å². The largest absolute Gasteiger partial charge is 0.481 e. The second-order valence-electron chi connectivity index (χ2n) is 4.81. The molecule has 1 rings (SSSR count). The van der Waals surface area contributed by atoms with Gasteiger partial charge in [0.2, 0.25) is 0 Å². The quantitative estimate of drug-likeness (QED) is 0.407. The number of nitrogens with one attached hydrogen (secondary N) is 1. The van der Waals surface area contributed by atoms with Crippen LogP contribution in [0.5, 0.6) is 5.75 Å². The van der Waals surface area contributed by atoms with Crippen LogP contribution in [0.15, 0.2) is 24.3 Å². The zero-order valence-electron chi connectivity index (χ0n) is 12.9. The lowest BCUT2D eigenvalue weighted by molar-refractivity contribution is -0.757. The Morgan fingerprint density at radius 2 is 1.84 bits per heavy atom. The van der Waals surface area contributed by atoms with Crippen molar-refractivity contribution in [2.24, 2.45) is 0 Å². The summed E-state index contributed by atoms with van der Waals surface area (Å²) >= 11 is 0. The molecule has 1 atom stereocenters. The minimum atomic E-state index is -1.39. The smallest absolute Gasteiger partial charge is 0.413 e. The van der Waals surface area contributed by atoms with Crippen LogP contribution in [0.2, 0.25) is 0 Å². The molecule has 1 aromatic carbocycles. The Morgan fingerprint density at radius 3 is 2.36 bits per heavy atom. The molecule has 0 aliphatic heterocycles. The summed E-state index contributed by atoms with van der Waals surface area (Å²) in [6.45, 7) is -0.114. The molecule has 11 heteroatoms. The maximum atomic E-state index is 11.7. The number of hydrogen-bond donors (Lipinski definition) is 3. The predicted molar refractivity (Wildman–Crippen MR) is 80.5 cm³/mol. The van der Waals surface area contributed by atoms with Gasteiger partial charge in [-0.1, -0.05) is 12.1 Å². The minimum absolute atomic E-state index is 0.114. The van der Waals surface area contributed by atoms with Gasteiger partial charge < -0.3 is 25.1 Å². The molecule has 0 aliphatic rings. The number of carbonyl (C=O) groups excluding carboxylic acids is 1. The van der Waals surface area contributed by atoms with Crippen LogP contribution < -0.4 is 10.1 Å². The fourth-order valence-electron chi connectivity index (χ4n) is 1.77. The van der Waals surface area contributed by atoms with E-state index >= 15 is 0 Å². The van der Waals surface area contributed by atoms with Gasteiger partial charge in [0.1, 0.15) is 18.4 Å². The molecule has 0 fully saturated rings. The Kier molecular flexibility index (Phi) is 7.63. The van der Waals surface area contributed by atoms with Gasteiger partial charge in [-0.25, -0.2) is 9.59 Å². The van der Waals surface area contributed by atoms with E-state index in [1.54, 1.807) is 12.1 Å². The van der Waals surface area contributed by atoms with Crippen molar-refractivity contribution in [3.05, 3.63) is 39.9 Å². The Bertz CT molecular complexity index is 630. The molecule has 0 spiro atoms. The molecule has 0 aromatic heterocycles. The van der Waals surface area contributed by atoms with Crippen LogP contribution in [0, 0.1) is 10.1 Å². The van der Waals surface area contributed by atoms with Crippen molar-refractivity contribution in [2.75, 3.05) is 6.61 Å². The molecule has 11 nitrogen and oxygen atoms in total. The molecule has 1 amide bonds. The van der Waals surface area contributed by atoms with Crippen LogP contribution >= 0.6 is 0 Å². The van der Waals surface area contributed by atoms with Gasteiger partial charge in [0.25, 0.3) is 5.09 Å². The number of hydrogen-bond acceptors (Lipinski definition) is 7. The Morgan fingerprint density at radius 1 is 1.20 bits per heavy atom. The first kappa shape index (κ1) is 19.7. The number of benzene rings is 1. The van der Waals surface area contributed by atoms with Gasteiger partial charge >= 0.3 is 18.0 Å². The van der Waals surface area contributed by atoms with Crippen LogP contribution in [0.4, 0.5) is 4.79 Å². The van der Waals surface area contributed by atoms with E-state index < -0.39 is 35.6 Å². The van der Waals surface area contributed by atoms with E-state index in [-0.39, 0.29) is 25.2 Å². The second-order valence-corrected chi connectivity index (χ2v) is 4.81. The van der Waals surface area contributed by atoms with Crippen molar-refractivity contribution in [2.45, 2.75) is 25.3 Å². The molecule has 0 saturated carbocycles. The zero-order valence-corrected chi connectivity index (χ0v) is 12.9. The third-order valence-electron chi connectivity index (χ3n) is 2.96. The molecule has 0 radical (unpaired) electrons. The molecule has 1 aromatic rings. The summed E-state index contributed by atoms with van der Waals surface area (Å²) in [5.41, 5.74) is 0.708. The van der Waals surface area contributed by atoms with Crippen molar-refractivity contribution in [1.29, 1.82) is 0 Å². The standard InChI is InChI=1S/C14H16N2O9/c17-12(18)6-5-11(13(19)20)15-14(21)25-10-3-1-9(2-4-10)7-8-24-16(22)23/h1-4,11H,5-8H2,(H,15,21)(H,17,18)(H,19,20). The predicted octanol–water partition coefficient (Wildman–Crippen LogP) is 0.844. The van der Waals surface area contributed by atoms with Crippen LogP contribution in [0.3, 0.4) is 0 Å². The van der Waals surface area contributed by atoms with Crippen molar-refractivity contribution in [1.82, 2.24) is 5.32 Å². The maximum absolute atomic E-state index is 11.7. The summed E-state index contributed by atoms with van der Waals surface area (Å²) in [7, 11) is 0. The highest BCUT2D eigenvalue weighted by Crippen LogP contribution is 2.13. The Labute approximate surface area is 141 Å². The number of amides is 1. The van der Waals surface area contributed by atoms with Gasteiger partial charge in [0.05, 0.1) is 0 Å². The van der Waals surface area contributed by atoms with Crippen molar-refractivity contribution in [3.63, 3.8) is 0 Å². The SMILES string of the molecule is O=C(O)CCC(NC(=O)Oc1ccc(CCO[N+](=O)[O-])cc1)C(=O)O. The summed E-state index contributed by atoms with van der Waals surface area (Å²) < 4.78 is 4.90. The molecule has 136 valence electrons. The zero-order chi connectivity index (χ0) is 18.8. The Balaban J connectivity index is 2.50. The first-order chi connectivity index (χ1) is 11.8. The fraction of sp³-hybridized carbons (Fsp3) is 0.357. The number of carbonyl (C=O) groups is 3. The lowest BCUT2D eigenvalue weighted by Gasteiger charge is -2.13. The monoisotopic (exact) mass is 356 g/mol. The highest BCUT2D eigenvalue weighted by atomic mass is 16.9. The van der Waals surface area contributed by atoms with Crippen LogP contribution in [-0.2, 0) is 20.8 Å². The third-order valence-corrected chi connectivity index (χ3v) is 2.96. The van der Waals surface area contributed by atoms with E-state index in [2.05, 4.69) is 10.2 Å². The van der Waals surface area contributed by atoms with Gasteiger partial charge in [-0.15, -0.1) is 10.1 Å². The average Bonchev–Trinajstić information content (AvgIpc) is 2.52. The highest BCUT2D eigenvalue weighted by molar-refractivity contribution is 5.81. The first-order valence-corrected chi connectivity index (χ1v) is 7.07. The number of carboxylic acid groups (broad SMARTS) is 2. The summed E-state index contributed by atoms with van der Waals surface area (Å²) in [5, 5.41) is 28.7. The van der Waals surface area contributed by atoms with Crippen molar-refractivity contribution in [3.8, 4) is 5.75 Å². The molecule has 0 aliphatic carbocycles. The maximum Gasteiger partial charge on any atom is 0.413 e. The first-order valence-electron chi connectivity index (χ1n) is 7.07. The number of rotatable bonds is 10. The third kappa shape index (κ3) is 8.16. The molecule has 0 bridgehead atoms. The number of nitrogens with zero attached hydrogens (tertiary/aromatic N) is 1. The van der Waals surface area contributed by atoms with Gasteiger partial charge in [-0.2, -0.15) is 0 Å². The lowest BCUT2D eigenvalue weighted by atomic mass is 10.1. The Hall–Kier alpha value is -3.37. The van der Waals surface area contributed by atoms with E-state index in [0.29, 0.717) is 5.56 Å². The normalized spacial score (nSPS) is 11.2. The topological polar surface area (TPSA) is 165 Å². The highest BCUT2D eigenvalue weighted by Gasteiger charge is 2.21. The van der Waals surface area contributed by atoms with E-state index in [1.165, 1.54) is 12.1 Å². The summed E-state index contributed by atoms with van der Waals surface area (Å²) in [5.74, 6) is -2.43. The van der Waals surface area contributed by atoms with Crippen LogP contribution in [0.1, 0.15) is 18.4 Å². The number of carboxylic acids is 2. The lowest BCUT2D eigenvalue weighted by Crippen LogP contribution is -2.42. The van der Waals surface area contributed by atoms with Gasteiger partial charge in [-0.05, 0) is 30.5 Å². The molecular formula is C14H16N2O9. The van der Waals surface area contributed by atoms with E-state index in [0.717, 1.165) is 0 Å². The van der Waals surface area contributed by atoms with E-state index in [4.69, 9.17) is 14.9 Å². The van der Waals surface area contributed by atoms with Gasteiger partial charge in [0, 0.05) is 6.42 Å². The molecule has 0 heterocycles. The van der Waals surface area contributed by atoms with Crippen molar-refractivity contribution >= 4 is 18.0 Å². The molecular weight excluding hydrogens is 340 g/mol. The average molecular weight is 356 g/mol. The summed E-state index contributed by atoms with van der Waals surface area (Å²) in [6, 6.07) is 4.58. The van der Waals surface area contributed by atoms with Gasteiger partial charge in [0.15, 0.2) is 0 Å². The number of ether oxygens (including phenoxy) is 1. The van der Waals surface area contributed by atoms with E-state index in [9.17, 15) is 24.5 Å². The van der Waals surface area contributed by atoms with E-state index in [1.807, 2.05) is 0 Å².